The summed E-state index contributed by atoms with van der Waals surface area (Å²) in [4.78, 5) is 16.0. The van der Waals surface area contributed by atoms with Crippen molar-refractivity contribution >= 4 is 29.2 Å². The fourth-order valence-corrected chi connectivity index (χ4v) is 2.28. The van der Waals surface area contributed by atoms with E-state index in [1.165, 1.54) is 0 Å². The average Bonchev–Trinajstić information content (AvgIpc) is 2.49. The van der Waals surface area contributed by atoms with Gasteiger partial charge in [0.15, 0.2) is 0 Å². The van der Waals surface area contributed by atoms with Gasteiger partial charge in [0.25, 0.3) is 0 Å². The van der Waals surface area contributed by atoms with E-state index >= 15 is 0 Å². The number of halogens is 2. The van der Waals surface area contributed by atoms with Crippen molar-refractivity contribution in [3.63, 3.8) is 0 Å². The van der Waals surface area contributed by atoms with Gasteiger partial charge in [-0.3, -0.25) is 10.3 Å². The molecule has 4 nitrogen and oxygen atoms in total. The molecule has 2 rings (SSSR count). The summed E-state index contributed by atoms with van der Waals surface area (Å²) in [5, 5.41) is 13.3. The van der Waals surface area contributed by atoms with Crippen LogP contribution < -0.4 is 5.32 Å². The smallest absolute Gasteiger partial charge is 0.328 e. The fraction of sp³-hybridized carbons (Fsp3) is 0.250. The molecule has 1 unspecified atom stereocenters. The van der Waals surface area contributed by atoms with Crippen molar-refractivity contribution < 1.29 is 9.90 Å². The number of nitrogens with zero attached hydrogens (tertiary/aromatic N) is 1. The standard InChI is InChI=1S/C16H16Cl2N2O2/c1-10-3-5-12(19-8-10)9-20-16(2,15(21)22)11-4-6-13(17)14(18)7-11/h3-8,20H,9H2,1-2H3,(H,21,22). The van der Waals surface area contributed by atoms with Crippen molar-refractivity contribution in [2.75, 3.05) is 0 Å². The molecule has 0 spiro atoms. The molecule has 0 saturated carbocycles. The molecular weight excluding hydrogens is 323 g/mol. The first-order valence-corrected chi connectivity index (χ1v) is 7.44. The SMILES string of the molecule is Cc1ccc(CNC(C)(C(=O)O)c2ccc(Cl)c(Cl)c2)nc1. The van der Waals surface area contributed by atoms with E-state index in [9.17, 15) is 9.90 Å². The molecule has 1 atom stereocenters. The van der Waals surface area contributed by atoms with Gasteiger partial charge in [0.1, 0.15) is 5.54 Å². The summed E-state index contributed by atoms with van der Waals surface area (Å²) < 4.78 is 0. The Bertz CT molecular complexity index is 689. The lowest BCUT2D eigenvalue weighted by atomic mass is 9.92. The highest BCUT2D eigenvalue weighted by Gasteiger charge is 2.35. The van der Waals surface area contributed by atoms with Gasteiger partial charge < -0.3 is 5.11 Å². The molecule has 0 aliphatic rings. The molecule has 0 fully saturated rings. The number of aryl methyl sites for hydroxylation is 1. The maximum Gasteiger partial charge on any atom is 0.328 e. The van der Waals surface area contributed by atoms with Crippen molar-refractivity contribution in [2.45, 2.75) is 25.9 Å². The minimum absolute atomic E-state index is 0.321. The first kappa shape index (κ1) is 16.7. The van der Waals surface area contributed by atoms with Crippen LogP contribution in [0.4, 0.5) is 0 Å². The first-order valence-electron chi connectivity index (χ1n) is 6.68. The molecule has 0 aliphatic heterocycles. The van der Waals surface area contributed by atoms with E-state index in [1.807, 2.05) is 19.1 Å². The van der Waals surface area contributed by atoms with Crippen LogP contribution in [0.25, 0.3) is 0 Å². The maximum atomic E-state index is 11.7. The minimum Gasteiger partial charge on any atom is -0.480 e. The Labute approximate surface area is 139 Å². The summed E-state index contributed by atoms with van der Waals surface area (Å²) >= 11 is 11.9. The number of carboxylic acid groups (broad SMARTS) is 1. The topological polar surface area (TPSA) is 62.2 Å². The second-order valence-electron chi connectivity index (χ2n) is 5.24. The monoisotopic (exact) mass is 338 g/mol. The van der Waals surface area contributed by atoms with Gasteiger partial charge >= 0.3 is 5.97 Å². The molecule has 1 heterocycles. The van der Waals surface area contributed by atoms with Gasteiger partial charge in [-0.05, 0) is 43.2 Å². The number of aliphatic carboxylic acids is 1. The van der Waals surface area contributed by atoms with Crippen LogP contribution in [0.3, 0.4) is 0 Å². The lowest BCUT2D eigenvalue weighted by molar-refractivity contribution is -0.144. The summed E-state index contributed by atoms with van der Waals surface area (Å²) in [5.74, 6) is -1.00. The Hall–Kier alpha value is -1.62. The molecule has 22 heavy (non-hydrogen) atoms. The van der Waals surface area contributed by atoms with E-state index in [0.29, 0.717) is 22.2 Å². The van der Waals surface area contributed by atoms with E-state index in [-0.39, 0.29) is 0 Å². The number of aromatic nitrogens is 1. The molecule has 6 heteroatoms. The van der Waals surface area contributed by atoms with E-state index in [1.54, 1.807) is 31.3 Å². The summed E-state index contributed by atoms with van der Waals surface area (Å²) in [7, 11) is 0. The molecule has 0 bridgehead atoms. The van der Waals surface area contributed by atoms with Crippen molar-refractivity contribution in [3.05, 3.63) is 63.4 Å². The number of rotatable bonds is 5. The molecule has 0 aliphatic carbocycles. The molecule has 2 N–H and O–H groups in total. The van der Waals surface area contributed by atoms with E-state index in [2.05, 4.69) is 10.3 Å². The van der Waals surface area contributed by atoms with Crippen LogP contribution in [0, 0.1) is 6.92 Å². The quantitative estimate of drug-likeness (QED) is 0.870. The Morgan fingerprint density at radius 3 is 2.55 bits per heavy atom. The zero-order valence-electron chi connectivity index (χ0n) is 12.2. The third-order valence-corrected chi connectivity index (χ3v) is 4.26. The summed E-state index contributed by atoms with van der Waals surface area (Å²) in [5.41, 5.74) is 1.05. The van der Waals surface area contributed by atoms with E-state index < -0.39 is 11.5 Å². The molecule has 0 saturated heterocycles. The molecule has 2 aromatic rings. The third-order valence-electron chi connectivity index (χ3n) is 3.52. The highest BCUT2D eigenvalue weighted by atomic mass is 35.5. The number of carboxylic acids is 1. The average molecular weight is 339 g/mol. The molecule has 1 aromatic carbocycles. The molecule has 0 amide bonds. The Morgan fingerprint density at radius 2 is 2.00 bits per heavy atom. The number of carbonyl (C=O) groups is 1. The van der Waals surface area contributed by atoms with E-state index in [0.717, 1.165) is 11.3 Å². The first-order chi connectivity index (χ1) is 10.3. The minimum atomic E-state index is -1.29. The highest BCUT2D eigenvalue weighted by molar-refractivity contribution is 6.42. The number of hydrogen-bond acceptors (Lipinski definition) is 3. The second-order valence-corrected chi connectivity index (χ2v) is 6.05. The van der Waals surface area contributed by atoms with Crippen LogP contribution in [0.2, 0.25) is 10.0 Å². The zero-order valence-corrected chi connectivity index (χ0v) is 13.7. The van der Waals surface area contributed by atoms with E-state index in [4.69, 9.17) is 23.2 Å². The Kier molecular flexibility index (Phi) is 5.06. The van der Waals surface area contributed by atoms with Crippen molar-refractivity contribution in [2.24, 2.45) is 0 Å². The predicted octanol–water partition coefficient (Wildman–Crippen LogP) is 3.79. The van der Waals surface area contributed by atoms with Gasteiger partial charge in [-0.15, -0.1) is 0 Å². The summed E-state index contributed by atoms with van der Waals surface area (Å²) in [6, 6.07) is 8.60. The van der Waals surface area contributed by atoms with Crippen LogP contribution in [-0.2, 0) is 16.9 Å². The molecule has 0 radical (unpaired) electrons. The van der Waals surface area contributed by atoms with Crippen LogP contribution in [-0.4, -0.2) is 16.1 Å². The molecular formula is C16H16Cl2N2O2. The van der Waals surface area contributed by atoms with Crippen molar-refractivity contribution in [3.8, 4) is 0 Å². The molecule has 1 aromatic heterocycles. The number of pyridine rings is 1. The number of hydrogen-bond donors (Lipinski definition) is 2. The van der Waals surface area contributed by atoms with Gasteiger partial charge in [-0.2, -0.15) is 0 Å². The predicted molar refractivity (Wildman–Crippen MR) is 87.3 cm³/mol. The summed E-state index contributed by atoms with van der Waals surface area (Å²) in [6.45, 7) is 3.85. The Morgan fingerprint density at radius 1 is 1.27 bits per heavy atom. The van der Waals surface area contributed by atoms with Crippen LogP contribution in [0.5, 0.6) is 0 Å². The maximum absolute atomic E-state index is 11.7. The summed E-state index contributed by atoms with van der Waals surface area (Å²) in [6.07, 6.45) is 1.74. The lowest BCUT2D eigenvalue weighted by Crippen LogP contribution is -2.46. The molecule has 116 valence electrons. The normalized spacial score (nSPS) is 13.6. The number of benzene rings is 1. The van der Waals surface area contributed by atoms with Gasteiger partial charge in [0.05, 0.1) is 15.7 Å². The van der Waals surface area contributed by atoms with Gasteiger partial charge in [-0.25, -0.2) is 4.79 Å². The Balaban J connectivity index is 2.26. The number of nitrogens with one attached hydrogen (secondary N) is 1. The van der Waals surface area contributed by atoms with Gasteiger partial charge in [-0.1, -0.05) is 35.3 Å². The lowest BCUT2D eigenvalue weighted by Gasteiger charge is -2.27. The van der Waals surface area contributed by atoms with Gasteiger partial charge in [0.2, 0.25) is 0 Å². The van der Waals surface area contributed by atoms with Crippen LogP contribution in [0.15, 0.2) is 36.5 Å². The zero-order chi connectivity index (χ0) is 16.3. The van der Waals surface area contributed by atoms with Gasteiger partial charge in [0, 0.05) is 12.7 Å². The van der Waals surface area contributed by atoms with Crippen molar-refractivity contribution in [1.29, 1.82) is 0 Å². The van der Waals surface area contributed by atoms with Crippen LogP contribution >= 0.6 is 23.2 Å². The fourth-order valence-electron chi connectivity index (χ4n) is 1.98. The third kappa shape index (κ3) is 3.58. The second kappa shape index (κ2) is 6.65. The van der Waals surface area contributed by atoms with Crippen LogP contribution in [0.1, 0.15) is 23.7 Å². The van der Waals surface area contributed by atoms with Crippen molar-refractivity contribution in [1.82, 2.24) is 10.3 Å². The highest BCUT2D eigenvalue weighted by Crippen LogP contribution is 2.29. The largest absolute Gasteiger partial charge is 0.480 e.